The molecule has 1 rings (SSSR count). The van der Waals surface area contributed by atoms with Crippen LogP contribution in [0.25, 0.3) is 0 Å². The van der Waals surface area contributed by atoms with Crippen molar-refractivity contribution in [1.29, 1.82) is 0 Å². The summed E-state index contributed by atoms with van der Waals surface area (Å²) in [6, 6.07) is 4.74. The van der Waals surface area contributed by atoms with Crippen molar-refractivity contribution in [1.82, 2.24) is 0 Å². The SMILES string of the molecule is C=C(C)[C@@H]([C@H](C)O)N(O)c1ccc([N+](=O)[O-])cc1. The second-order valence-electron chi connectivity index (χ2n) is 4.15. The Morgan fingerprint density at radius 3 is 2.28 bits per heavy atom. The van der Waals surface area contributed by atoms with E-state index in [2.05, 4.69) is 6.58 Å². The number of anilines is 1. The topological polar surface area (TPSA) is 86.8 Å². The van der Waals surface area contributed by atoms with Crippen LogP contribution in [0, 0.1) is 10.1 Å². The third-order valence-corrected chi connectivity index (χ3v) is 2.55. The van der Waals surface area contributed by atoms with E-state index in [1.54, 1.807) is 6.92 Å². The molecule has 0 bridgehead atoms. The molecule has 2 N–H and O–H groups in total. The number of benzene rings is 1. The van der Waals surface area contributed by atoms with Gasteiger partial charge in [-0.25, -0.2) is 5.06 Å². The molecule has 6 heteroatoms. The lowest BCUT2D eigenvalue weighted by Gasteiger charge is -2.30. The van der Waals surface area contributed by atoms with Crippen molar-refractivity contribution < 1.29 is 15.2 Å². The molecule has 0 aliphatic heterocycles. The van der Waals surface area contributed by atoms with Crippen molar-refractivity contribution >= 4 is 11.4 Å². The largest absolute Gasteiger partial charge is 0.391 e. The Hall–Kier alpha value is -1.92. The summed E-state index contributed by atoms with van der Waals surface area (Å²) < 4.78 is 0. The summed E-state index contributed by atoms with van der Waals surface area (Å²) in [5.41, 5.74) is 0.886. The molecule has 0 unspecified atom stereocenters. The number of rotatable bonds is 5. The molecule has 6 nitrogen and oxygen atoms in total. The van der Waals surface area contributed by atoms with Crippen LogP contribution < -0.4 is 5.06 Å². The maximum Gasteiger partial charge on any atom is 0.269 e. The van der Waals surface area contributed by atoms with Crippen molar-refractivity contribution in [2.24, 2.45) is 0 Å². The number of aliphatic hydroxyl groups excluding tert-OH is 1. The van der Waals surface area contributed by atoms with Gasteiger partial charge in [0.15, 0.2) is 0 Å². The van der Waals surface area contributed by atoms with Gasteiger partial charge in [0.05, 0.1) is 16.7 Å². The van der Waals surface area contributed by atoms with E-state index in [-0.39, 0.29) is 5.69 Å². The summed E-state index contributed by atoms with van der Waals surface area (Å²) in [7, 11) is 0. The van der Waals surface area contributed by atoms with Crippen molar-refractivity contribution in [2.45, 2.75) is 26.0 Å². The Morgan fingerprint density at radius 2 is 1.94 bits per heavy atom. The number of hydrogen-bond acceptors (Lipinski definition) is 5. The summed E-state index contributed by atoms with van der Waals surface area (Å²) >= 11 is 0. The lowest BCUT2D eigenvalue weighted by molar-refractivity contribution is -0.384. The first-order chi connectivity index (χ1) is 8.34. The minimum Gasteiger partial charge on any atom is -0.391 e. The number of nitrogens with zero attached hydrogens (tertiary/aromatic N) is 2. The molecule has 98 valence electrons. The molecule has 0 saturated heterocycles. The fourth-order valence-corrected chi connectivity index (χ4v) is 1.71. The highest BCUT2D eigenvalue weighted by atomic mass is 16.6. The lowest BCUT2D eigenvalue weighted by Crippen LogP contribution is -2.41. The molecule has 0 amide bonds. The van der Waals surface area contributed by atoms with Crippen LogP contribution in [0.15, 0.2) is 36.4 Å². The highest BCUT2D eigenvalue weighted by molar-refractivity contribution is 5.50. The van der Waals surface area contributed by atoms with E-state index in [4.69, 9.17) is 0 Å². The monoisotopic (exact) mass is 252 g/mol. The minimum atomic E-state index is -0.817. The Labute approximate surface area is 105 Å². The van der Waals surface area contributed by atoms with E-state index >= 15 is 0 Å². The maximum absolute atomic E-state index is 10.5. The predicted octanol–water partition coefficient (Wildman–Crippen LogP) is 2.12. The van der Waals surface area contributed by atoms with Crippen LogP contribution in [0.4, 0.5) is 11.4 Å². The maximum atomic E-state index is 10.5. The summed E-state index contributed by atoms with van der Waals surface area (Å²) in [6.45, 7) is 6.92. The highest BCUT2D eigenvalue weighted by Crippen LogP contribution is 2.23. The fourth-order valence-electron chi connectivity index (χ4n) is 1.71. The molecular formula is C12H16N2O4. The summed E-state index contributed by atoms with van der Waals surface area (Å²) in [4.78, 5) is 9.99. The van der Waals surface area contributed by atoms with E-state index in [0.717, 1.165) is 5.06 Å². The molecule has 1 aromatic rings. The van der Waals surface area contributed by atoms with Gasteiger partial charge in [-0.1, -0.05) is 12.2 Å². The lowest BCUT2D eigenvalue weighted by atomic mass is 10.0. The summed E-state index contributed by atoms with van der Waals surface area (Å²) in [5.74, 6) is 0. The van der Waals surface area contributed by atoms with Crippen LogP contribution in [-0.2, 0) is 0 Å². The van der Waals surface area contributed by atoms with Gasteiger partial charge in [0.1, 0.15) is 6.04 Å². The van der Waals surface area contributed by atoms with Crippen molar-refractivity contribution in [3.8, 4) is 0 Å². The Morgan fingerprint density at radius 1 is 1.44 bits per heavy atom. The van der Waals surface area contributed by atoms with Gasteiger partial charge in [-0.15, -0.1) is 0 Å². The van der Waals surface area contributed by atoms with Gasteiger partial charge in [0, 0.05) is 12.1 Å². The summed E-state index contributed by atoms with van der Waals surface area (Å²) in [5, 5.41) is 30.9. The molecule has 2 atom stereocenters. The van der Waals surface area contributed by atoms with Crippen LogP contribution in [0.1, 0.15) is 13.8 Å². The first kappa shape index (κ1) is 14.1. The fraction of sp³-hybridized carbons (Fsp3) is 0.333. The number of non-ortho nitro benzene ring substituents is 1. The van der Waals surface area contributed by atoms with Crippen molar-refractivity contribution in [2.75, 3.05) is 5.06 Å². The first-order valence-corrected chi connectivity index (χ1v) is 5.40. The van der Waals surface area contributed by atoms with Gasteiger partial charge in [0.2, 0.25) is 0 Å². The molecule has 1 aromatic carbocycles. The van der Waals surface area contributed by atoms with Crippen LogP contribution in [-0.4, -0.2) is 27.4 Å². The minimum absolute atomic E-state index is 0.0592. The zero-order valence-corrected chi connectivity index (χ0v) is 10.3. The predicted molar refractivity (Wildman–Crippen MR) is 67.6 cm³/mol. The average molecular weight is 252 g/mol. The first-order valence-electron chi connectivity index (χ1n) is 5.40. The van der Waals surface area contributed by atoms with E-state index in [0.29, 0.717) is 11.3 Å². The average Bonchev–Trinajstić information content (AvgIpc) is 2.28. The molecular weight excluding hydrogens is 236 g/mol. The molecule has 0 spiro atoms. The van der Waals surface area contributed by atoms with Gasteiger partial charge in [0.25, 0.3) is 5.69 Å². The normalized spacial score (nSPS) is 13.8. The van der Waals surface area contributed by atoms with E-state index in [1.165, 1.54) is 31.2 Å². The summed E-state index contributed by atoms with van der Waals surface area (Å²) in [6.07, 6.45) is -0.817. The van der Waals surface area contributed by atoms with Gasteiger partial charge in [-0.05, 0) is 26.0 Å². The molecule has 0 saturated carbocycles. The second kappa shape index (κ2) is 5.61. The Bertz CT molecular complexity index is 442. The second-order valence-corrected chi connectivity index (χ2v) is 4.15. The van der Waals surface area contributed by atoms with Crippen LogP contribution in [0.2, 0.25) is 0 Å². The number of nitro benzene ring substituents is 1. The zero-order valence-electron chi connectivity index (χ0n) is 10.3. The van der Waals surface area contributed by atoms with E-state index in [9.17, 15) is 20.4 Å². The Balaban J connectivity index is 2.98. The van der Waals surface area contributed by atoms with Crippen molar-refractivity contribution in [3.63, 3.8) is 0 Å². The van der Waals surface area contributed by atoms with E-state index in [1.807, 2.05) is 0 Å². The standard InChI is InChI=1S/C12H16N2O4/c1-8(2)12(9(3)15)13(16)10-4-6-11(7-5-10)14(17)18/h4-7,9,12,15-16H,1H2,2-3H3/t9-,12-/m0/s1. The number of hydroxylamine groups is 1. The molecule has 0 heterocycles. The smallest absolute Gasteiger partial charge is 0.269 e. The molecule has 0 radical (unpaired) electrons. The number of nitro groups is 1. The van der Waals surface area contributed by atoms with Gasteiger partial charge < -0.3 is 5.11 Å². The quantitative estimate of drug-likeness (QED) is 0.476. The molecule has 18 heavy (non-hydrogen) atoms. The van der Waals surface area contributed by atoms with Gasteiger partial charge in [-0.2, -0.15) is 0 Å². The highest BCUT2D eigenvalue weighted by Gasteiger charge is 2.23. The third-order valence-electron chi connectivity index (χ3n) is 2.55. The molecule has 0 aliphatic carbocycles. The van der Waals surface area contributed by atoms with Crippen LogP contribution in [0.3, 0.4) is 0 Å². The van der Waals surface area contributed by atoms with Crippen LogP contribution in [0.5, 0.6) is 0 Å². The molecule has 0 aromatic heterocycles. The van der Waals surface area contributed by atoms with Crippen LogP contribution >= 0.6 is 0 Å². The number of aliphatic hydroxyl groups is 1. The zero-order chi connectivity index (χ0) is 13.9. The van der Waals surface area contributed by atoms with Gasteiger partial charge >= 0.3 is 0 Å². The van der Waals surface area contributed by atoms with Gasteiger partial charge in [-0.3, -0.25) is 15.3 Å². The third kappa shape index (κ3) is 3.06. The molecule has 0 aliphatic rings. The molecule has 0 fully saturated rings. The number of hydrogen-bond donors (Lipinski definition) is 2. The Kier molecular flexibility index (Phi) is 4.41. The van der Waals surface area contributed by atoms with Crippen molar-refractivity contribution in [3.05, 3.63) is 46.5 Å². The van der Waals surface area contributed by atoms with E-state index < -0.39 is 17.1 Å².